The van der Waals surface area contributed by atoms with Crippen LogP contribution in [0.25, 0.3) is 0 Å². The van der Waals surface area contributed by atoms with Gasteiger partial charge in [-0.25, -0.2) is 0 Å². The molecule has 0 saturated heterocycles. The highest BCUT2D eigenvalue weighted by Gasteiger charge is 1.93. The normalized spacial score (nSPS) is 9.25. The van der Waals surface area contributed by atoms with E-state index in [0.29, 0.717) is 0 Å². The predicted molar refractivity (Wildman–Crippen MR) is 18.6 cm³/mol. The zero-order valence-corrected chi connectivity index (χ0v) is 3.60. The lowest BCUT2D eigenvalue weighted by Crippen LogP contribution is -1.94. The van der Waals surface area contributed by atoms with Crippen LogP contribution in [0.3, 0.4) is 0 Å². The van der Waals surface area contributed by atoms with E-state index in [9.17, 15) is 8.78 Å². The van der Waals surface area contributed by atoms with Crippen molar-refractivity contribution in [2.24, 2.45) is 0 Å². The molecule has 5 heteroatoms. The van der Waals surface area contributed by atoms with Crippen LogP contribution in [0.2, 0.25) is 0 Å². The monoisotopic (exact) mass is 116 g/mol. The summed E-state index contributed by atoms with van der Waals surface area (Å²) < 4.78 is 23.3. The lowest BCUT2D eigenvalue weighted by atomic mass is 11.0. The van der Waals surface area contributed by atoms with Crippen LogP contribution in [0.4, 0.5) is 8.78 Å². The highest BCUT2D eigenvalue weighted by atomic mass is 19.1. The van der Waals surface area contributed by atoms with Crippen molar-refractivity contribution in [1.29, 1.82) is 0 Å². The van der Waals surface area contributed by atoms with Crippen LogP contribution in [-0.4, -0.2) is 15.0 Å². The molecule has 0 aromatic carbocycles. The Morgan fingerprint density at radius 2 is 1.62 bits per heavy atom. The first-order chi connectivity index (χ1) is 3.79. The molecule has 0 aliphatic carbocycles. The fourth-order valence-electron chi connectivity index (χ4n) is 0.234. The molecule has 0 spiro atoms. The summed E-state index contributed by atoms with van der Waals surface area (Å²) in [6, 6.07) is 0. The van der Waals surface area contributed by atoms with Gasteiger partial charge in [0.2, 0.25) is 6.33 Å². The van der Waals surface area contributed by atoms with E-state index in [1.807, 2.05) is 0 Å². The molecule has 0 amide bonds. The third-order valence-electron chi connectivity index (χ3n) is 0.469. The van der Waals surface area contributed by atoms with Gasteiger partial charge in [-0.2, -0.15) is 23.7 Å². The van der Waals surface area contributed by atoms with Crippen molar-refractivity contribution in [2.75, 3.05) is 0 Å². The first-order valence-corrected chi connectivity index (χ1v) is 1.72. The van der Waals surface area contributed by atoms with E-state index in [1.165, 1.54) is 0 Å². The minimum absolute atomic E-state index is 1.16. The van der Waals surface area contributed by atoms with E-state index < -0.39 is 12.2 Å². The minimum Gasteiger partial charge on any atom is -0.178 e. The molecule has 0 unspecified atom stereocenters. The Morgan fingerprint density at radius 1 is 1.12 bits per heavy atom. The fraction of sp³-hybridized carbons (Fsp3) is 0. The highest BCUT2D eigenvalue weighted by Crippen LogP contribution is 1.82. The molecule has 0 N–H and O–H groups in total. The van der Waals surface area contributed by atoms with E-state index in [1.54, 1.807) is 6.33 Å². The van der Waals surface area contributed by atoms with Crippen molar-refractivity contribution in [1.82, 2.24) is 15.0 Å². The van der Waals surface area contributed by atoms with Crippen molar-refractivity contribution >= 4 is 0 Å². The second-order valence-electron chi connectivity index (χ2n) is 0.973. The number of nitrogens with zero attached hydrogens (tertiary/aromatic N) is 3. The third kappa shape index (κ3) is 0.927. The summed E-state index contributed by atoms with van der Waals surface area (Å²) in [5.41, 5.74) is 0. The number of hydrogen-bond donors (Lipinski definition) is 0. The first kappa shape index (κ1) is 5.02. The maximum Gasteiger partial charge on any atom is 0.314 e. The summed E-state index contributed by atoms with van der Waals surface area (Å²) in [6.45, 7) is 0. The van der Waals surface area contributed by atoms with Crippen molar-refractivity contribution in [3.05, 3.63) is 18.5 Å². The molecule has 1 aromatic rings. The number of hydrogen-bond acceptors (Lipinski definition) is 3. The molecule has 0 bridgehead atoms. The second kappa shape index (κ2) is 1.77. The minimum atomic E-state index is -1.16. The second-order valence-corrected chi connectivity index (χ2v) is 0.973. The van der Waals surface area contributed by atoms with E-state index >= 15 is 0 Å². The van der Waals surface area contributed by atoms with Crippen molar-refractivity contribution in [2.45, 2.75) is 0 Å². The Morgan fingerprint density at radius 3 is 1.88 bits per heavy atom. The zero-order chi connectivity index (χ0) is 5.98. The molecule has 0 fully saturated rings. The maximum atomic E-state index is 11.6. The van der Waals surface area contributed by atoms with Crippen LogP contribution in [0.15, 0.2) is 0 Å². The van der Waals surface area contributed by atoms with Gasteiger partial charge >= 0.3 is 12.2 Å². The van der Waals surface area contributed by atoms with E-state index in [2.05, 4.69) is 15.0 Å². The van der Waals surface area contributed by atoms with E-state index in [-0.39, 0.29) is 0 Å². The summed E-state index contributed by atoms with van der Waals surface area (Å²) in [5, 5.41) is 0. The van der Waals surface area contributed by atoms with E-state index in [4.69, 9.17) is 0 Å². The summed E-state index contributed by atoms with van der Waals surface area (Å²) in [4.78, 5) is 8.16. The molecule has 8 heavy (non-hydrogen) atoms. The molecule has 1 heterocycles. The van der Waals surface area contributed by atoms with Crippen LogP contribution in [0.5, 0.6) is 0 Å². The standard InChI is InChI=1S/C3F2N3/c4-2-6-1-7-3(5)8-2. The zero-order valence-electron chi connectivity index (χ0n) is 3.60. The van der Waals surface area contributed by atoms with Crippen LogP contribution >= 0.6 is 0 Å². The lowest BCUT2D eigenvalue weighted by Gasteiger charge is -1.80. The largest absolute Gasteiger partial charge is 0.314 e. The lowest BCUT2D eigenvalue weighted by molar-refractivity contribution is 0.452. The molecule has 41 valence electrons. The van der Waals surface area contributed by atoms with Crippen LogP contribution in [0.1, 0.15) is 0 Å². The summed E-state index contributed by atoms with van der Waals surface area (Å²) >= 11 is 0. The van der Waals surface area contributed by atoms with Gasteiger partial charge in [-0.15, -0.1) is 0 Å². The number of aromatic nitrogens is 3. The molecule has 1 aromatic heterocycles. The maximum absolute atomic E-state index is 11.6. The third-order valence-corrected chi connectivity index (χ3v) is 0.469. The van der Waals surface area contributed by atoms with Gasteiger partial charge in [0.15, 0.2) is 0 Å². The summed E-state index contributed by atoms with van der Waals surface area (Å²) in [5.74, 6) is 0. The molecule has 1 rings (SSSR count). The number of halogens is 2. The first-order valence-electron chi connectivity index (χ1n) is 1.72. The predicted octanol–water partition coefficient (Wildman–Crippen LogP) is -0.0500. The average molecular weight is 116 g/mol. The van der Waals surface area contributed by atoms with Gasteiger partial charge in [0, 0.05) is 0 Å². The van der Waals surface area contributed by atoms with E-state index in [0.717, 1.165) is 0 Å². The Balaban J connectivity index is 3.08. The van der Waals surface area contributed by atoms with Gasteiger partial charge < -0.3 is 0 Å². The molecule has 0 atom stereocenters. The molecule has 3 nitrogen and oxygen atoms in total. The molecular weight excluding hydrogens is 116 g/mol. The fourth-order valence-corrected chi connectivity index (χ4v) is 0.234. The van der Waals surface area contributed by atoms with Crippen LogP contribution in [0, 0.1) is 18.5 Å². The average Bonchev–Trinajstić information content (AvgIpc) is 1.64. The molecule has 0 aliphatic heterocycles. The van der Waals surface area contributed by atoms with Crippen LogP contribution < -0.4 is 0 Å². The van der Waals surface area contributed by atoms with Gasteiger partial charge in [0.25, 0.3) is 0 Å². The highest BCUT2D eigenvalue weighted by molar-refractivity contribution is 4.59. The Bertz CT molecular complexity index is 172. The van der Waals surface area contributed by atoms with Crippen LogP contribution in [-0.2, 0) is 0 Å². The Hall–Kier alpha value is -1.13. The van der Waals surface area contributed by atoms with Gasteiger partial charge in [-0.05, 0) is 0 Å². The molecule has 1 radical (unpaired) electrons. The molecule has 0 aliphatic rings. The van der Waals surface area contributed by atoms with Crippen molar-refractivity contribution in [3.8, 4) is 0 Å². The topological polar surface area (TPSA) is 38.7 Å². The molecule has 0 saturated carbocycles. The summed E-state index contributed by atoms with van der Waals surface area (Å²) in [6.07, 6.45) is -0.594. The quantitative estimate of drug-likeness (QED) is 0.477. The molecular formula is C3F2N3. The summed E-state index contributed by atoms with van der Waals surface area (Å²) in [7, 11) is 0. The number of rotatable bonds is 0. The van der Waals surface area contributed by atoms with Gasteiger partial charge in [-0.1, -0.05) is 0 Å². The van der Waals surface area contributed by atoms with Crippen molar-refractivity contribution in [3.63, 3.8) is 0 Å². The van der Waals surface area contributed by atoms with Crippen molar-refractivity contribution < 1.29 is 8.78 Å². The van der Waals surface area contributed by atoms with Gasteiger partial charge in [0.05, 0.1) is 0 Å². The smallest absolute Gasteiger partial charge is 0.178 e. The Kier molecular flexibility index (Phi) is 1.11. The SMILES string of the molecule is Fc1n[c]nc(F)n1. The van der Waals surface area contributed by atoms with Gasteiger partial charge in [0.1, 0.15) is 0 Å². The Labute approximate surface area is 43.4 Å². The van der Waals surface area contributed by atoms with Gasteiger partial charge in [-0.3, -0.25) is 0 Å².